The van der Waals surface area contributed by atoms with Crippen LogP contribution in [0.15, 0.2) is 12.1 Å². The smallest absolute Gasteiger partial charge is 0.275 e. The summed E-state index contributed by atoms with van der Waals surface area (Å²) in [5, 5.41) is 12.5. The van der Waals surface area contributed by atoms with Crippen LogP contribution in [0.5, 0.6) is 11.1 Å². The van der Waals surface area contributed by atoms with Gasteiger partial charge in [0, 0.05) is 19.0 Å². The third-order valence-electron chi connectivity index (χ3n) is 5.46. The molecule has 0 spiro atoms. The Morgan fingerprint density at radius 1 is 1.37 bits per heavy atom. The number of ether oxygens (including phenoxy) is 3. The summed E-state index contributed by atoms with van der Waals surface area (Å²) in [7, 11) is 0. The predicted molar refractivity (Wildman–Crippen MR) is 111 cm³/mol. The molecule has 9 heteroatoms. The van der Waals surface area contributed by atoms with Gasteiger partial charge in [-0.15, -0.1) is 0 Å². The van der Waals surface area contributed by atoms with E-state index in [0.717, 1.165) is 36.0 Å². The predicted octanol–water partition coefficient (Wildman–Crippen LogP) is 3.07. The van der Waals surface area contributed by atoms with Gasteiger partial charge in [-0.05, 0) is 44.6 Å². The molecule has 0 bridgehead atoms. The minimum atomic E-state index is -0.314. The summed E-state index contributed by atoms with van der Waals surface area (Å²) in [5.41, 5.74) is 0.459. The molecule has 1 N–H and O–H groups in total. The van der Waals surface area contributed by atoms with Gasteiger partial charge >= 0.3 is 0 Å². The fourth-order valence-corrected chi connectivity index (χ4v) is 4.16. The molecule has 8 nitrogen and oxygen atoms in total. The monoisotopic (exact) mass is 430 g/mol. The van der Waals surface area contributed by atoms with Gasteiger partial charge in [0.1, 0.15) is 12.1 Å². The van der Waals surface area contributed by atoms with E-state index in [1.165, 1.54) is 18.3 Å². The molecule has 160 valence electrons. The first-order valence-electron chi connectivity index (χ1n) is 10.3. The lowest BCUT2D eigenvalue weighted by Crippen LogP contribution is -2.40. The Bertz CT molecular complexity index is 946. The molecule has 1 amide bonds. The number of nitrogens with one attached hydrogen (secondary N) is 1. The van der Waals surface area contributed by atoms with Crippen molar-refractivity contribution >= 4 is 27.6 Å². The highest BCUT2D eigenvalue weighted by Gasteiger charge is 2.44. The van der Waals surface area contributed by atoms with E-state index in [0.29, 0.717) is 36.8 Å². The fraction of sp³-hybridized carbons (Fsp3) is 0.619. The van der Waals surface area contributed by atoms with Gasteiger partial charge in [-0.1, -0.05) is 11.3 Å². The molecule has 0 aromatic carbocycles. The molecule has 2 aromatic heterocycles. The molecule has 2 aliphatic rings. The van der Waals surface area contributed by atoms with Gasteiger partial charge < -0.3 is 19.5 Å². The maximum Gasteiger partial charge on any atom is 0.275 e. The second kappa shape index (κ2) is 8.74. The molecule has 0 radical (unpaired) electrons. The summed E-state index contributed by atoms with van der Waals surface area (Å²) in [5.74, 6) is 0.991. The summed E-state index contributed by atoms with van der Waals surface area (Å²) in [4.78, 5) is 20.7. The molecular formula is C21H26N4O4S. The van der Waals surface area contributed by atoms with Gasteiger partial charge in [0.2, 0.25) is 11.8 Å². The van der Waals surface area contributed by atoms with Crippen molar-refractivity contribution < 1.29 is 19.0 Å². The van der Waals surface area contributed by atoms with Crippen molar-refractivity contribution in [3.63, 3.8) is 0 Å². The van der Waals surface area contributed by atoms with Gasteiger partial charge in [0.15, 0.2) is 4.83 Å². The van der Waals surface area contributed by atoms with Crippen molar-refractivity contribution in [2.45, 2.75) is 51.7 Å². The lowest BCUT2D eigenvalue weighted by atomic mass is 9.83. The normalized spacial score (nSPS) is 22.6. The van der Waals surface area contributed by atoms with Crippen LogP contribution in [-0.2, 0) is 9.53 Å². The van der Waals surface area contributed by atoms with Crippen LogP contribution >= 0.6 is 11.3 Å². The number of hydrogen-bond acceptors (Lipinski definition) is 8. The van der Waals surface area contributed by atoms with Crippen LogP contribution < -0.4 is 14.8 Å². The van der Waals surface area contributed by atoms with E-state index < -0.39 is 0 Å². The molecule has 1 atom stereocenters. The van der Waals surface area contributed by atoms with Gasteiger partial charge in [-0.2, -0.15) is 5.26 Å². The first kappa shape index (κ1) is 20.8. The molecule has 0 aliphatic heterocycles. The Morgan fingerprint density at radius 3 is 2.87 bits per heavy atom. The van der Waals surface area contributed by atoms with Gasteiger partial charge in [-0.3, -0.25) is 4.79 Å². The zero-order chi connectivity index (χ0) is 21.1. The number of aromatic nitrogens is 2. The second-order valence-corrected chi connectivity index (χ2v) is 9.28. The van der Waals surface area contributed by atoms with E-state index in [9.17, 15) is 4.79 Å². The highest BCUT2D eigenvalue weighted by atomic mass is 32.1. The summed E-state index contributed by atoms with van der Waals surface area (Å²) < 4.78 is 17.4. The van der Waals surface area contributed by atoms with Crippen LogP contribution in [0.25, 0.3) is 10.3 Å². The quantitative estimate of drug-likeness (QED) is 0.617. The van der Waals surface area contributed by atoms with Gasteiger partial charge in [0.25, 0.3) is 5.19 Å². The number of carbonyl (C=O) groups is 1. The Balaban J connectivity index is 1.20. The van der Waals surface area contributed by atoms with Crippen LogP contribution in [0.4, 0.5) is 0 Å². The van der Waals surface area contributed by atoms with E-state index in [4.69, 9.17) is 19.5 Å². The number of thiazole rings is 1. The summed E-state index contributed by atoms with van der Waals surface area (Å²) in [6.07, 6.45) is 3.93. The number of amides is 1. The number of rotatable bonds is 10. The van der Waals surface area contributed by atoms with Crippen LogP contribution in [0, 0.1) is 22.7 Å². The molecule has 0 unspecified atom stereocenters. The molecule has 30 heavy (non-hydrogen) atoms. The zero-order valence-electron chi connectivity index (χ0n) is 17.2. The number of fused-ring (bicyclic) bond motifs is 1. The zero-order valence-corrected chi connectivity index (χ0v) is 18.0. The Morgan fingerprint density at radius 2 is 2.17 bits per heavy atom. The number of hydrogen-bond donors (Lipinski definition) is 1. The Labute approximate surface area is 179 Å². The number of carbonyl (C=O) groups excluding carboxylic acids is 1. The van der Waals surface area contributed by atoms with Crippen molar-refractivity contribution in [2.75, 3.05) is 19.8 Å². The standard InChI is InChI=1S/C21H26N4O4S/c1-13(23-14(2)26)9-27-16-7-15(8-16)10-28-18-4-3-17-19(25-18)30-20(24-17)29-12-21(11-22)5-6-21/h3-4,13,15-16H,5-10,12H2,1-2H3,(H,23,26)/t13-,15?,16?/m0/s1. The van der Waals surface area contributed by atoms with Crippen molar-refractivity contribution in [1.29, 1.82) is 5.26 Å². The first-order chi connectivity index (χ1) is 14.4. The maximum absolute atomic E-state index is 11.0. The van der Waals surface area contributed by atoms with Crippen molar-refractivity contribution in [3.8, 4) is 17.1 Å². The molecule has 2 heterocycles. The van der Waals surface area contributed by atoms with E-state index in [1.54, 1.807) is 0 Å². The van der Waals surface area contributed by atoms with Crippen molar-refractivity contribution in [2.24, 2.45) is 11.3 Å². The lowest BCUT2D eigenvalue weighted by Gasteiger charge is -2.35. The number of nitrogens with zero attached hydrogens (tertiary/aromatic N) is 3. The van der Waals surface area contributed by atoms with Gasteiger partial charge in [-0.25, -0.2) is 9.97 Å². The van der Waals surface area contributed by atoms with Crippen LogP contribution in [0.2, 0.25) is 0 Å². The summed E-state index contributed by atoms with van der Waals surface area (Å²) in [6, 6.07) is 6.05. The molecule has 2 fully saturated rings. The number of nitriles is 1. The van der Waals surface area contributed by atoms with E-state index in [2.05, 4.69) is 21.4 Å². The maximum atomic E-state index is 11.0. The SMILES string of the molecule is CC(=O)N[C@@H](C)COC1CC(COc2ccc3nc(OCC4(C#N)CC4)sc3n2)C1. The topological polar surface area (TPSA) is 106 Å². The van der Waals surface area contributed by atoms with Crippen LogP contribution in [-0.4, -0.2) is 47.8 Å². The third kappa shape index (κ3) is 5.18. The van der Waals surface area contributed by atoms with E-state index in [-0.39, 0.29) is 23.5 Å². The molecule has 4 rings (SSSR count). The van der Waals surface area contributed by atoms with Crippen LogP contribution in [0.3, 0.4) is 0 Å². The summed E-state index contributed by atoms with van der Waals surface area (Å²) >= 11 is 1.37. The molecule has 2 aromatic rings. The van der Waals surface area contributed by atoms with E-state index in [1.807, 2.05) is 19.1 Å². The Hall–Kier alpha value is -2.44. The molecule has 2 saturated carbocycles. The molecule has 0 saturated heterocycles. The second-order valence-electron chi connectivity index (χ2n) is 8.34. The largest absolute Gasteiger partial charge is 0.477 e. The van der Waals surface area contributed by atoms with Gasteiger partial charge in [0.05, 0.1) is 30.8 Å². The third-order valence-corrected chi connectivity index (χ3v) is 6.34. The lowest BCUT2D eigenvalue weighted by molar-refractivity contribution is -0.120. The minimum Gasteiger partial charge on any atom is -0.477 e. The first-order valence-corrected chi connectivity index (χ1v) is 11.1. The summed E-state index contributed by atoms with van der Waals surface area (Å²) in [6.45, 7) is 4.97. The van der Waals surface area contributed by atoms with Crippen molar-refractivity contribution in [3.05, 3.63) is 12.1 Å². The highest BCUT2D eigenvalue weighted by Crippen LogP contribution is 2.45. The highest BCUT2D eigenvalue weighted by molar-refractivity contribution is 7.19. The molecule has 2 aliphatic carbocycles. The molecular weight excluding hydrogens is 404 g/mol. The van der Waals surface area contributed by atoms with Crippen LogP contribution in [0.1, 0.15) is 39.5 Å². The van der Waals surface area contributed by atoms with Crippen molar-refractivity contribution in [1.82, 2.24) is 15.3 Å². The number of pyridine rings is 1. The minimum absolute atomic E-state index is 0.0247. The average molecular weight is 431 g/mol. The Kier molecular flexibility index (Phi) is 6.06. The fourth-order valence-electron chi connectivity index (χ4n) is 3.38. The van der Waals surface area contributed by atoms with E-state index >= 15 is 0 Å². The average Bonchev–Trinajstić information content (AvgIpc) is 3.35.